The first-order chi connectivity index (χ1) is 8.50. The molecule has 2 bridgehead atoms. The first-order valence-corrected chi connectivity index (χ1v) is 7.73. The third-order valence-corrected chi connectivity index (χ3v) is 5.11. The van der Waals surface area contributed by atoms with Crippen molar-refractivity contribution in [1.29, 1.82) is 0 Å². The molecule has 5 atom stereocenters. The summed E-state index contributed by atoms with van der Waals surface area (Å²) in [5, 5.41) is 0. The molecule has 0 saturated heterocycles. The molecule has 2 saturated carbocycles. The molecule has 2 fully saturated rings. The largest absolute Gasteiger partial charge is 0.460 e. The van der Waals surface area contributed by atoms with Gasteiger partial charge in [-0.3, -0.25) is 4.79 Å². The van der Waals surface area contributed by atoms with Gasteiger partial charge in [0, 0.05) is 0 Å². The molecule has 2 heteroatoms. The summed E-state index contributed by atoms with van der Waals surface area (Å²) in [5.41, 5.74) is 0.00329. The van der Waals surface area contributed by atoms with Gasteiger partial charge >= 0.3 is 5.97 Å². The maximum atomic E-state index is 12.3. The normalized spacial score (nSPS) is 38.6. The third-order valence-electron chi connectivity index (χ3n) is 5.11. The number of hydrogen-bond acceptors (Lipinski definition) is 2. The Bertz CT molecular complexity index is 356. The Kier molecular flexibility index (Phi) is 3.52. The van der Waals surface area contributed by atoms with Crippen molar-refractivity contribution in [2.75, 3.05) is 0 Å². The van der Waals surface area contributed by atoms with Crippen LogP contribution in [-0.2, 0) is 9.53 Å². The van der Waals surface area contributed by atoms with Gasteiger partial charge in [0.05, 0.1) is 5.92 Å². The van der Waals surface area contributed by atoms with E-state index in [1.165, 1.54) is 6.42 Å². The lowest BCUT2D eigenvalue weighted by Gasteiger charge is -2.41. The standard InChI is InChI=1S/C17H30O2/c1-10-12-8-11(14(10)16(2,3)4)9-13(12)15(18)19-17(5,6)7/h10-14H,8-9H2,1-7H3. The molecule has 0 aromatic rings. The van der Waals surface area contributed by atoms with E-state index in [4.69, 9.17) is 4.74 Å². The summed E-state index contributed by atoms with van der Waals surface area (Å²) >= 11 is 0. The van der Waals surface area contributed by atoms with Gasteiger partial charge in [-0.2, -0.15) is 0 Å². The molecule has 5 unspecified atom stereocenters. The van der Waals surface area contributed by atoms with Gasteiger partial charge in [0.15, 0.2) is 0 Å². The number of hydrogen-bond donors (Lipinski definition) is 0. The maximum absolute atomic E-state index is 12.3. The van der Waals surface area contributed by atoms with Crippen LogP contribution in [0.4, 0.5) is 0 Å². The van der Waals surface area contributed by atoms with Crippen molar-refractivity contribution in [3.63, 3.8) is 0 Å². The number of carbonyl (C=O) groups is 1. The fourth-order valence-corrected chi connectivity index (χ4v) is 4.83. The van der Waals surface area contributed by atoms with Gasteiger partial charge < -0.3 is 4.74 Å². The monoisotopic (exact) mass is 266 g/mol. The molecular formula is C17H30O2. The first kappa shape index (κ1) is 14.9. The quantitative estimate of drug-likeness (QED) is 0.662. The molecule has 2 aliphatic rings. The highest BCUT2D eigenvalue weighted by molar-refractivity contribution is 5.74. The highest BCUT2D eigenvalue weighted by Gasteiger charge is 2.56. The zero-order chi connectivity index (χ0) is 14.6. The zero-order valence-electron chi connectivity index (χ0n) is 13.6. The van der Waals surface area contributed by atoms with Crippen molar-refractivity contribution in [3.05, 3.63) is 0 Å². The van der Waals surface area contributed by atoms with Crippen LogP contribution in [0.3, 0.4) is 0 Å². The minimum absolute atomic E-state index is 0.0409. The molecular weight excluding hydrogens is 236 g/mol. The predicted molar refractivity (Wildman–Crippen MR) is 77.7 cm³/mol. The molecule has 0 amide bonds. The van der Waals surface area contributed by atoms with E-state index in [0.717, 1.165) is 18.3 Å². The molecule has 0 spiro atoms. The smallest absolute Gasteiger partial charge is 0.309 e. The van der Waals surface area contributed by atoms with Crippen LogP contribution in [0.25, 0.3) is 0 Å². The van der Waals surface area contributed by atoms with Crippen LogP contribution in [0.1, 0.15) is 61.3 Å². The van der Waals surface area contributed by atoms with Gasteiger partial charge in [0.2, 0.25) is 0 Å². The molecule has 0 radical (unpaired) electrons. The summed E-state index contributed by atoms with van der Waals surface area (Å²) in [6.45, 7) is 15.3. The average Bonchev–Trinajstić information content (AvgIpc) is 2.69. The topological polar surface area (TPSA) is 26.3 Å². The number of carbonyl (C=O) groups excluding carboxylic acids is 1. The predicted octanol–water partition coefficient (Wildman–Crippen LogP) is 4.28. The highest BCUT2D eigenvalue weighted by atomic mass is 16.6. The second-order valence-electron chi connectivity index (χ2n) is 8.79. The van der Waals surface area contributed by atoms with Gasteiger partial charge in [0.1, 0.15) is 5.60 Å². The van der Waals surface area contributed by atoms with E-state index in [-0.39, 0.29) is 17.5 Å². The Morgan fingerprint density at radius 1 is 1.05 bits per heavy atom. The Hall–Kier alpha value is -0.530. The van der Waals surface area contributed by atoms with Crippen molar-refractivity contribution in [3.8, 4) is 0 Å². The van der Waals surface area contributed by atoms with Crippen LogP contribution in [-0.4, -0.2) is 11.6 Å². The summed E-state index contributed by atoms with van der Waals surface area (Å²) in [7, 11) is 0. The number of fused-ring (bicyclic) bond motifs is 2. The fourth-order valence-electron chi connectivity index (χ4n) is 4.83. The highest BCUT2D eigenvalue weighted by Crippen LogP contribution is 2.60. The average molecular weight is 266 g/mol. The molecule has 0 N–H and O–H groups in total. The van der Waals surface area contributed by atoms with E-state index in [1.807, 2.05) is 20.8 Å². The van der Waals surface area contributed by atoms with Gasteiger partial charge in [-0.15, -0.1) is 0 Å². The molecule has 0 aromatic heterocycles. The zero-order valence-corrected chi connectivity index (χ0v) is 13.6. The number of esters is 1. The van der Waals surface area contributed by atoms with Crippen LogP contribution in [0.5, 0.6) is 0 Å². The SMILES string of the molecule is CC1C2CC(CC2C(=O)OC(C)(C)C)C1C(C)(C)C. The summed E-state index contributed by atoms with van der Waals surface area (Å²) < 4.78 is 5.60. The molecule has 19 heavy (non-hydrogen) atoms. The summed E-state index contributed by atoms with van der Waals surface area (Å²) in [5.74, 6) is 2.87. The number of rotatable bonds is 1. The van der Waals surface area contributed by atoms with Gasteiger partial charge in [0.25, 0.3) is 0 Å². The molecule has 0 aliphatic heterocycles. The first-order valence-electron chi connectivity index (χ1n) is 7.73. The molecule has 0 aromatic carbocycles. The molecule has 2 aliphatic carbocycles. The van der Waals surface area contributed by atoms with Crippen LogP contribution in [0, 0.1) is 35.0 Å². The second kappa shape index (κ2) is 4.49. The van der Waals surface area contributed by atoms with Crippen molar-refractivity contribution >= 4 is 5.97 Å². The Morgan fingerprint density at radius 2 is 1.63 bits per heavy atom. The fraction of sp³-hybridized carbons (Fsp3) is 0.941. The minimum Gasteiger partial charge on any atom is -0.460 e. The number of ether oxygens (including phenoxy) is 1. The molecule has 0 heterocycles. The molecule has 2 rings (SSSR count). The van der Waals surface area contributed by atoms with E-state index in [0.29, 0.717) is 17.3 Å². The lowest BCUT2D eigenvalue weighted by atomic mass is 9.64. The molecule has 2 nitrogen and oxygen atoms in total. The lowest BCUT2D eigenvalue weighted by molar-refractivity contribution is -0.163. The maximum Gasteiger partial charge on any atom is 0.309 e. The van der Waals surface area contributed by atoms with E-state index in [2.05, 4.69) is 27.7 Å². The van der Waals surface area contributed by atoms with Crippen molar-refractivity contribution in [1.82, 2.24) is 0 Å². The van der Waals surface area contributed by atoms with Crippen LogP contribution < -0.4 is 0 Å². The lowest BCUT2D eigenvalue weighted by Crippen LogP contribution is -2.39. The minimum atomic E-state index is -0.356. The Labute approximate surface area is 118 Å². The Balaban J connectivity index is 2.07. The second-order valence-corrected chi connectivity index (χ2v) is 8.79. The van der Waals surface area contributed by atoms with E-state index in [1.54, 1.807) is 0 Å². The van der Waals surface area contributed by atoms with E-state index >= 15 is 0 Å². The van der Waals surface area contributed by atoms with E-state index < -0.39 is 0 Å². The Morgan fingerprint density at radius 3 is 2.05 bits per heavy atom. The van der Waals surface area contributed by atoms with E-state index in [9.17, 15) is 4.79 Å². The summed E-state index contributed by atoms with van der Waals surface area (Å²) in [6, 6.07) is 0. The van der Waals surface area contributed by atoms with Crippen molar-refractivity contribution in [2.24, 2.45) is 35.0 Å². The third kappa shape index (κ3) is 2.83. The van der Waals surface area contributed by atoms with Crippen LogP contribution in [0.2, 0.25) is 0 Å². The van der Waals surface area contributed by atoms with Gasteiger partial charge in [-0.05, 0) is 62.7 Å². The van der Waals surface area contributed by atoms with Crippen LogP contribution in [0.15, 0.2) is 0 Å². The summed E-state index contributed by atoms with van der Waals surface area (Å²) in [4.78, 5) is 12.3. The van der Waals surface area contributed by atoms with Crippen molar-refractivity contribution < 1.29 is 9.53 Å². The molecule has 110 valence electrons. The van der Waals surface area contributed by atoms with Gasteiger partial charge in [-0.1, -0.05) is 27.7 Å². The van der Waals surface area contributed by atoms with Crippen LogP contribution >= 0.6 is 0 Å². The van der Waals surface area contributed by atoms with Gasteiger partial charge in [-0.25, -0.2) is 0 Å². The summed E-state index contributed by atoms with van der Waals surface area (Å²) in [6.07, 6.45) is 2.28. The van der Waals surface area contributed by atoms with Crippen molar-refractivity contribution in [2.45, 2.75) is 66.9 Å².